The van der Waals surface area contributed by atoms with E-state index >= 15 is 0 Å². The Kier molecular flexibility index (Phi) is 12.6. The topological polar surface area (TPSA) is 43.4 Å². The number of halogens is 12. The fourth-order valence-electron chi connectivity index (χ4n) is 6.22. The summed E-state index contributed by atoms with van der Waals surface area (Å²) in [6.07, 6.45) is -18.5. The molecule has 5 rings (SSSR count). The second-order valence-corrected chi connectivity index (χ2v) is 16.3. The molecule has 0 amide bonds. The lowest BCUT2D eigenvalue weighted by Crippen LogP contribution is -2.74. The molecule has 0 heterocycles. The standard InChI is InChI=1S/C28H16BF12.C11H15O3S/c30-25(31,32)17-1-9-21(10-2-17)29(22-11-3-18(4-12-22)26(33,34)35,23-13-5-19(6-14-23)27(36,37)38)24-15-7-20(8-16-24)28(39,40)41;1-9(12)14-11-6-4-10(5-7-11)8-15(2,3)13/h1-16H;4-7H,8H2,1-3H3/q-1;+1. The second-order valence-electron chi connectivity index (χ2n) is 13.2. The van der Waals surface area contributed by atoms with Crippen molar-refractivity contribution in [1.29, 1.82) is 0 Å². The summed E-state index contributed by atoms with van der Waals surface area (Å²) in [5.74, 6) is 0.732. The van der Waals surface area contributed by atoms with E-state index in [0.717, 1.165) is 54.1 Å². The summed E-state index contributed by atoms with van der Waals surface area (Å²) in [7, 11) is -1.77. The van der Waals surface area contributed by atoms with Gasteiger partial charge in [-0.3, -0.25) is 4.79 Å². The number of hydrogen-bond acceptors (Lipinski definition) is 3. The second kappa shape index (κ2) is 16.2. The molecule has 3 nitrogen and oxygen atoms in total. The number of benzene rings is 5. The highest BCUT2D eigenvalue weighted by Crippen LogP contribution is 2.32. The maximum absolute atomic E-state index is 13.3. The third-order valence-electron chi connectivity index (χ3n) is 8.65. The summed E-state index contributed by atoms with van der Waals surface area (Å²) < 4.78 is 176. The summed E-state index contributed by atoms with van der Waals surface area (Å²) in [5.41, 5.74) is -3.31. The molecule has 0 N–H and O–H groups in total. The molecule has 0 unspecified atom stereocenters. The minimum atomic E-state index is -4.77. The maximum atomic E-state index is 13.3. The van der Waals surface area contributed by atoms with Crippen molar-refractivity contribution < 1.29 is 66.4 Å². The first-order valence-corrected chi connectivity index (χ1v) is 18.8. The van der Waals surface area contributed by atoms with Gasteiger partial charge in [0.15, 0.2) is 0 Å². The van der Waals surface area contributed by atoms with E-state index in [1.54, 1.807) is 24.6 Å². The number of carbonyl (C=O) groups is 1. The van der Waals surface area contributed by atoms with Crippen LogP contribution in [0.3, 0.4) is 0 Å². The van der Waals surface area contributed by atoms with E-state index in [1.807, 2.05) is 12.1 Å². The lowest BCUT2D eigenvalue weighted by atomic mass is 9.13. The van der Waals surface area contributed by atoms with Crippen LogP contribution in [0.2, 0.25) is 0 Å². The Morgan fingerprint density at radius 3 is 0.929 bits per heavy atom. The van der Waals surface area contributed by atoms with Gasteiger partial charge in [0, 0.05) is 12.5 Å². The van der Waals surface area contributed by atoms with E-state index in [-0.39, 0.29) is 27.8 Å². The van der Waals surface area contributed by atoms with Crippen molar-refractivity contribution in [3.8, 4) is 5.75 Å². The van der Waals surface area contributed by atoms with Crippen LogP contribution >= 0.6 is 0 Å². The van der Waals surface area contributed by atoms with Gasteiger partial charge in [0.05, 0.1) is 32.2 Å². The average Bonchev–Trinajstić information content (AvgIpc) is 3.08. The van der Waals surface area contributed by atoms with Gasteiger partial charge in [-0.2, -0.15) is 74.5 Å². The fourth-order valence-corrected chi connectivity index (χ4v) is 7.21. The van der Waals surface area contributed by atoms with Gasteiger partial charge in [0.2, 0.25) is 0 Å². The van der Waals surface area contributed by atoms with E-state index in [1.165, 1.54) is 6.92 Å². The summed E-state index contributed by atoms with van der Waals surface area (Å²) in [4.78, 5) is 10.7. The van der Waals surface area contributed by atoms with Gasteiger partial charge in [-0.15, -0.1) is 4.21 Å². The monoisotopic (exact) mass is 818 g/mol. The Morgan fingerprint density at radius 1 is 0.482 bits per heavy atom. The van der Waals surface area contributed by atoms with Crippen LogP contribution < -0.4 is 26.6 Å². The SMILES string of the molecule is CC(=O)Oc1ccc(C[S+](C)(C)=O)cc1.FC(F)(F)c1ccc([B-](c2ccc(C(F)(F)F)cc2)(c2ccc(C(F)(F)F)cc2)c2ccc(C(F)(F)F)cc2)cc1. The number of ether oxygens (including phenoxy) is 1. The van der Waals surface area contributed by atoms with Crippen LogP contribution in [0, 0.1) is 0 Å². The van der Waals surface area contributed by atoms with E-state index < -0.39 is 63.0 Å². The van der Waals surface area contributed by atoms with Gasteiger partial charge in [0.25, 0.3) is 0 Å². The minimum absolute atomic E-state index is 0.0114. The van der Waals surface area contributed by atoms with Gasteiger partial charge >= 0.3 is 30.7 Å². The van der Waals surface area contributed by atoms with Crippen molar-refractivity contribution in [2.75, 3.05) is 12.5 Å². The number of carbonyl (C=O) groups excluding carboxylic acids is 1. The van der Waals surface area contributed by atoms with Crippen molar-refractivity contribution in [2.45, 2.75) is 37.4 Å². The van der Waals surface area contributed by atoms with Crippen LogP contribution in [-0.4, -0.2) is 24.6 Å². The minimum Gasteiger partial charge on any atom is -0.427 e. The lowest BCUT2D eigenvalue weighted by Gasteiger charge is -2.44. The van der Waals surface area contributed by atoms with Crippen LogP contribution in [0.1, 0.15) is 34.7 Å². The molecule has 298 valence electrons. The summed E-state index contributed by atoms with van der Waals surface area (Å²) in [5, 5.41) is 0. The van der Waals surface area contributed by atoms with Crippen LogP contribution in [-0.2, 0) is 49.4 Å². The van der Waals surface area contributed by atoms with Crippen molar-refractivity contribution in [1.82, 2.24) is 0 Å². The van der Waals surface area contributed by atoms with Crippen molar-refractivity contribution in [3.63, 3.8) is 0 Å². The van der Waals surface area contributed by atoms with E-state index in [2.05, 4.69) is 0 Å². The highest BCUT2D eigenvalue weighted by molar-refractivity contribution is 8.00. The predicted octanol–water partition coefficient (Wildman–Crippen LogP) is 9.01. The summed E-state index contributed by atoms with van der Waals surface area (Å²) in [6.45, 7) is 1.36. The van der Waals surface area contributed by atoms with Crippen molar-refractivity contribution in [2.24, 2.45) is 0 Å². The zero-order valence-corrected chi connectivity index (χ0v) is 30.3. The molecule has 56 heavy (non-hydrogen) atoms. The van der Waals surface area contributed by atoms with Gasteiger partial charge in [0.1, 0.15) is 30.2 Å². The molecule has 0 bridgehead atoms. The molecule has 0 saturated heterocycles. The average molecular weight is 819 g/mol. The molecule has 0 aliphatic heterocycles. The predicted molar refractivity (Wildman–Crippen MR) is 191 cm³/mol. The van der Waals surface area contributed by atoms with E-state index in [9.17, 15) is 61.7 Å². The number of esters is 1. The number of rotatable bonds is 7. The Hall–Kier alpha value is -5.06. The first-order valence-electron chi connectivity index (χ1n) is 16.3. The first kappa shape index (κ1) is 43.7. The largest absolute Gasteiger partial charge is 0.427 e. The molecule has 0 atom stereocenters. The van der Waals surface area contributed by atoms with E-state index in [4.69, 9.17) is 4.74 Å². The van der Waals surface area contributed by atoms with Crippen LogP contribution in [0.4, 0.5) is 52.7 Å². The Labute approximate surface area is 314 Å². The molecule has 0 saturated carbocycles. The molecule has 0 aliphatic carbocycles. The molecule has 0 fully saturated rings. The molecule has 5 aromatic rings. The van der Waals surface area contributed by atoms with Crippen LogP contribution in [0.5, 0.6) is 5.75 Å². The van der Waals surface area contributed by atoms with Gasteiger partial charge < -0.3 is 4.74 Å². The molecular weight excluding hydrogens is 787 g/mol. The van der Waals surface area contributed by atoms with Crippen molar-refractivity contribution in [3.05, 3.63) is 149 Å². The number of hydrogen-bond donors (Lipinski definition) is 0. The first-order chi connectivity index (χ1) is 25.7. The highest BCUT2D eigenvalue weighted by atomic mass is 32.2. The van der Waals surface area contributed by atoms with Gasteiger partial charge in [-0.05, 0) is 12.1 Å². The molecule has 0 aliphatic rings. The highest BCUT2D eigenvalue weighted by Gasteiger charge is 2.38. The third-order valence-corrected chi connectivity index (χ3v) is 9.68. The fraction of sp³-hybridized carbons (Fsp3) is 0.205. The Morgan fingerprint density at radius 2 is 0.732 bits per heavy atom. The number of alkyl halides is 12. The Balaban J connectivity index is 0.000000389. The molecule has 0 radical (unpaired) electrons. The zero-order valence-electron chi connectivity index (χ0n) is 29.5. The third kappa shape index (κ3) is 10.8. The molecule has 0 spiro atoms. The van der Waals surface area contributed by atoms with Crippen LogP contribution in [0.15, 0.2) is 121 Å². The van der Waals surface area contributed by atoms with Crippen LogP contribution in [0.25, 0.3) is 0 Å². The smallest absolute Gasteiger partial charge is 0.416 e. The molecule has 17 heteroatoms. The Bertz CT molecular complexity index is 1900. The van der Waals surface area contributed by atoms with Gasteiger partial charge in [-0.1, -0.05) is 109 Å². The molecule has 0 aromatic heterocycles. The normalized spacial score (nSPS) is 12.8. The quantitative estimate of drug-likeness (QED) is 0.0542. The van der Waals surface area contributed by atoms with Crippen molar-refractivity contribution >= 4 is 43.9 Å². The summed E-state index contributed by atoms with van der Waals surface area (Å²) >= 11 is 0. The molecule has 5 aromatic carbocycles. The van der Waals surface area contributed by atoms with E-state index in [0.29, 0.717) is 60.0 Å². The maximum Gasteiger partial charge on any atom is 0.416 e. The molecular formula is C39H31BF12O3S. The zero-order chi connectivity index (χ0) is 41.9. The lowest BCUT2D eigenvalue weighted by molar-refractivity contribution is -0.138. The summed E-state index contributed by atoms with van der Waals surface area (Å²) in [6, 6.07) is 20.6. The van der Waals surface area contributed by atoms with Gasteiger partial charge in [-0.25, -0.2) is 0 Å².